The van der Waals surface area contributed by atoms with E-state index in [0.29, 0.717) is 33.5 Å². The summed E-state index contributed by atoms with van der Waals surface area (Å²) in [4.78, 5) is 0. The van der Waals surface area contributed by atoms with Crippen molar-refractivity contribution in [3.05, 3.63) is 47.0 Å². The van der Waals surface area contributed by atoms with Crippen LogP contribution in [0.2, 0.25) is 5.02 Å². The number of methoxy groups -OCH3 is 1. The van der Waals surface area contributed by atoms with E-state index in [1.807, 2.05) is 6.07 Å². The average Bonchev–Trinajstić information content (AvgIpc) is 2.42. The molecule has 0 aliphatic heterocycles. The summed E-state index contributed by atoms with van der Waals surface area (Å²) in [6.07, 6.45) is 0. The lowest BCUT2D eigenvalue weighted by Gasteiger charge is -2.11. The van der Waals surface area contributed by atoms with Gasteiger partial charge in [0, 0.05) is 6.07 Å². The van der Waals surface area contributed by atoms with Crippen LogP contribution >= 0.6 is 11.6 Å². The fourth-order valence-electron chi connectivity index (χ4n) is 1.52. The lowest BCUT2D eigenvalue weighted by Crippen LogP contribution is -1.94. The Balaban J connectivity index is 2.29. The van der Waals surface area contributed by atoms with Crippen LogP contribution in [0.4, 0.5) is 5.69 Å². The van der Waals surface area contributed by atoms with E-state index in [9.17, 15) is 0 Å². The van der Waals surface area contributed by atoms with Crippen LogP contribution in [0.25, 0.3) is 0 Å². The molecule has 0 aliphatic carbocycles. The molecule has 2 aromatic rings. The van der Waals surface area contributed by atoms with Gasteiger partial charge in [0.05, 0.1) is 29.5 Å². The Hall–Kier alpha value is -2.38. The van der Waals surface area contributed by atoms with Gasteiger partial charge in [-0.25, -0.2) is 0 Å². The highest BCUT2D eigenvalue weighted by Gasteiger charge is 2.08. The lowest BCUT2D eigenvalue weighted by molar-refractivity contribution is 0.413. The number of nitriles is 1. The predicted molar refractivity (Wildman–Crippen MR) is 73.6 cm³/mol. The van der Waals surface area contributed by atoms with Crippen LogP contribution in [-0.4, -0.2) is 7.11 Å². The molecule has 0 saturated carbocycles. The maximum atomic E-state index is 8.76. The van der Waals surface area contributed by atoms with Crippen LogP contribution in [0.3, 0.4) is 0 Å². The number of anilines is 1. The highest BCUT2D eigenvalue weighted by atomic mass is 35.5. The van der Waals surface area contributed by atoms with E-state index in [1.165, 1.54) is 6.07 Å². The second-order valence-electron chi connectivity index (χ2n) is 3.76. The van der Waals surface area contributed by atoms with E-state index in [4.69, 9.17) is 32.1 Å². The molecule has 0 radical (unpaired) electrons. The first-order valence-electron chi connectivity index (χ1n) is 5.45. The molecule has 2 N–H and O–H groups in total. The minimum atomic E-state index is 0.356. The molecule has 0 aromatic heterocycles. The first kappa shape index (κ1) is 13.1. The molecule has 5 heteroatoms. The number of rotatable bonds is 3. The Kier molecular flexibility index (Phi) is 3.79. The summed E-state index contributed by atoms with van der Waals surface area (Å²) in [7, 11) is 1.56. The highest BCUT2D eigenvalue weighted by Crippen LogP contribution is 2.34. The Morgan fingerprint density at radius 2 is 1.89 bits per heavy atom. The van der Waals surface area contributed by atoms with E-state index < -0.39 is 0 Å². The van der Waals surface area contributed by atoms with Crippen molar-refractivity contribution in [2.75, 3.05) is 12.8 Å². The summed E-state index contributed by atoms with van der Waals surface area (Å²) in [5.41, 5.74) is 6.77. The van der Waals surface area contributed by atoms with Crippen molar-refractivity contribution in [3.63, 3.8) is 0 Å². The minimum Gasteiger partial charge on any atom is -0.497 e. The molecule has 96 valence electrons. The molecule has 0 unspecified atom stereocenters. The van der Waals surface area contributed by atoms with E-state index in [2.05, 4.69) is 0 Å². The summed E-state index contributed by atoms with van der Waals surface area (Å²) < 4.78 is 10.7. The van der Waals surface area contributed by atoms with Crippen molar-refractivity contribution in [2.45, 2.75) is 0 Å². The molecule has 0 fully saturated rings. The number of nitrogens with two attached hydrogens (primary N) is 1. The maximum absolute atomic E-state index is 8.76. The molecule has 4 nitrogen and oxygen atoms in total. The number of halogens is 1. The molecule has 0 amide bonds. The monoisotopic (exact) mass is 274 g/mol. The van der Waals surface area contributed by atoms with Crippen molar-refractivity contribution in [3.8, 4) is 23.3 Å². The van der Waals surface area contributed by atoms with Gasteiger partial charge in [0.1, 0.15) is 11.5 Å². The SMILES string of the molecule is COc1ccc(Oc2ccc(C#N)cc2Cl)c(N)c1. The first-order chi connectivity index (χ1) is 9.13. The molecule has 0 spiro atoms. The normalized spacial score (nSPS) is 9.74. The first-order valence-corrected chi connectivity index (χ1v) is 5.83. The molecule has 2 aromatic carbocycles. The lowest BCUT2D eigenvalue weighted by atomic mass is 10.2. The topological polar surface area (TPSA) is 68.3 Å². The summed E-state index contributed by atoms with van der Waals surface area (Å²) in [5, 5.41) is 9.12. The standard InChI is InChI=1S/C14H11ClN2O2/c1-18-10-3-5-14(12(17)7-10)19-13-4-2-9(8-16)6-11(13)15/h2-7H,17H2,1H3. The largest absolute Gasteiger partial charge is 0.497 e. The van der Waals surface area contributed by atoms with Gasteiger partial charge in [0.25, 0.3) is 0 Å². The second-order valence-corrected chi connectivity index (χ2v) is 4.17. The summed E-state index contributed by atoms with van der Waals surface area (Å²) >= 11 is 6.03. The van der Waals surface area contributed by atoms with E-state index in [0.717, 1.165) is 0 Å². The molecule has 0 aliphatic rings. The van der Waals surface area contributed by atoms with Crippen molar-refractivity contribution >= 4 is 17.3 Å². The summed E-state index contributed by atoms with van der Waals surface area (Å²) in [5.74, 6) is 1.57. The van der Waals surface area contributed by atoms with Crippen LogP contribution in [0, 0.1) is 11.3 Å². The molecular weight excluding hydrogens is 264 g/mol. The molecule has 0 heterocycles. The van der Waals surface area contributed by atoms with E-state index in [1.54, 1.807) is 37.4 Å². The average molecular weight is 275 g/mol. The summed E-state index contributed by atoms with van der Waals surface area (Å²) in [6, 6.07) is 11.9. The minimum absolute atomic E-state index is 0.356. The Labute approximate surface area is 115 Å². The third-order valence-electron chi connectivity index (χ3n) is 2.50. The smallest absolute Gasteiger partial charge is 0.150 e. The van der Waals surface area contributed by atoms with Gasteiger partial charge in [0.15, 0.2) is 5.75 Å². The van der Waals surface area contributed by atoms with Gasteiger partial charge in [-0.1, -0.05) is 11.6 Å². The van der Waals surface area contributed by atoms with E-state index in [-0.39, 0.29) is 0 Å². The zero-order valence-corrected chi connectivity index (χ0v) is 10.9. The fraction of sp³-hybridized carbons (Fsp3) is 0.0714. The number of hydrogen-bond donors (Lipinski definition) is 1. The number of benzene rings is 2. The van der Waals surface area contributed by atoms with Gasteiger partial charge < -0.3 is 15.2 Å². The van der Waals surface area contributed by atoms with Crippen molar-refractivity contribution < 1.29 is 9.47 Å². The highest BCUT2D eigenvalue weighted by molar-refractivity contribution is 6.32. The third kappa shape index (κ3) is 2.90. The van der Waals surface area contributed by atoms with Gasteiger partial charge in [0.2, 0.25) is 0 Å². The van der Waals surface area contributed by atoms with Crippen LogP contribution in [0.1, 0.15) is 5.56 Å². The van der Waals surface area contributed by atoms with Crippen LogP contribution in [0.5, 0.6) is 17.2 Å². The number of nitrogen functional groups attached to an aromatic ring is 1. The third-order valence-corrected chi connectivity index (χ3v) is 2.79. The van der Waals surface area contributed by atoms with Crippen LogP contribution < -0.4 is 15.2 Å². The molecule has 0 bridgehead atoms. The Morgan fingerprint density at radius 3 is 2.47 bits per heavy atom. The molecular formula is C14H11ClN2O2. The Morgan fingerprint density at radius 1 is 1.16 bits per heavy atom. The summed E-state index contributed by atoms with van der Waals surface area (Å²) in [6.45, 7) is 0. The quantitative estimate of drug-likeness (QED) is 0.869. The van der Waals surface area contributed by atoms with Crippen molar-refractivity contribution in [2.24, 2.45) is 0 Å². The predicted octanol–water partition coefficient (Wildman–Crippen LogP) is 3.59. The van der Waals surface area contributed by atoms with Crippen molar-refractivity contribution in [1.82, 2.24) is 0 Å². The molecule has 0 saturated heterocycles. The Bertz CT molecular complexity index is 650. The van der Waals surface area contributed by atoms with Gasteiger partial charge >= 0.3 is 0 Å². The van der Waals surface area contributed by atoms with E-state index >= 15 is 0 Å². The number of nitrogens with zero attached hydrogens (tertiary/aromatic N) is 1. The van der Waals surface area contributed by atoms with Gasteiger partial charge in [-0.3, -0.25) is 0 Å². The molecule has 19 heavy (non-hydrogen) atoms. The van der Waals surface area contributed by atoms with Gasteiger partial charge in [-0.2, -0.15) is 5.26 Å². The van der Waals surface area contributed by atoms with Gasteiger partial charge in [-0.15, -0.1) is 0 Å². The second kappa shape index (κ2) is 5.51. The molecule has 0 atom stereocenters. The fourth-order valence-corrected chi connectivity index (χ4v) is 1.74. The zero-order chi connectivity index (χ0) is 13.8. The zero-order valence-electron chi connectivity index (χ0n) is 10.2. The van der Waals surface area contributed by atoms with Crippen LogP contribution in [-0.2, 0) is 0 Å². The molecule has 2 rings (SSSR count). The van der Waals surface area contributed by atoms with Crippen LogP contribution in [0.15, 0.2) is 36.4 Å². The number of hydrogen-bond acceptors (Lipinski definition) is 4. The number of ether oxygens (including phenoxy) is 2. The van der Waals surface area contributed by atoms with Gasteiger partial charge in [-0.05, 0) is 30.3 Å². The maximum Gasteiger partial charge on any atom is 0.150 e. The van der Waals surface area contributed by atoms with Crippen molar-refractivity contribution in [1.29, 1.82) is 5.26 Å².